The van der Waals surface area contributed by atoms with Gasteiger partial charge >= 0.3 is 0 Å². The molecule has 0 saturated carbocycles. The summed E-state index contributed by atoms with van der Waals surface area (Å²) in [6.07, 6.45) is 2.91. The Bertz CT molecular complexity index is 481. The Hall–Kier alpha value is -0.940. The van der Waals surface area contributed by atoms with Crippen LogP contribution >= 0.6 is 0 Å². The summed E-state index contributed by atoms with van der Waals surface area (Å²) in [4.78, 5) is 4.63. The minimum atomic E-state index is -1.20. The average Bonchev–Trinajstić information content (AvgIpc) is 2.57. The fourth-order valence-electron chi connectivity index (χ4n) is 3.24. The van der Waals surface area contributed by atoms with Crippen LogP contribution in [0.4, 0.5) is 0 Å². The number of hydrogen-bond acceptors (Lipinski definition) is 3. The van der Waals surface area contributed by atoms with E-state index in [2.05, 4.69) is 38.6 Å². The molecule has 0 bridgehead atoms. The van der Waals surface area contributed by atoms with Crippen LogP contribution in [0.15, 0.2) is 6.07 Å². The zero-order valence-electron chi connectivity index (χ0n) is 12.2. The largest absolute Gasteiger partial charge is 0.566 e. The smallest absolute Gasteiger partial charge is 0.115 e. The zero-order chi connectivity index (χ0) is 14.2. The maximum absolute atomic E-state index is 10.4. The van der Waals surface area contributed by atoms with Crippen molar-refractivity contribution >= 4 is 0 Å². The maximum Gasteiger partial charge on any atom is 0.115 e. The topological polar surface area (TPSA) is 57.0 Å². The highest BCUT2D eigenvalue weighted by Gasteiger charge is 2.30. The second-order valence-electron chi connectivity index (χ2n) is 6.32. The number of benzene rings is 1. The van der Waals surface area contributed by atoms with Gasteiger partial charge in [-0.3, -0.25) is 0 Å². The standard InChI is InChI=1S/C15H23NO3/c1-10-7-12-8-15(3,4)9-14(12)11(2)13(10)5-6-19-16(17)18/h7,16-17H,5-6,8-9H2,1-4H3. The van der Waals surface area contributed by atoms with Crippen molar-refractivity contribution in [3.05, 3.63) is 39.1 Å². The number of nitrogens with one attached hydrogen (secondary N) is 1. The summed E-state index contributed by atoms with van der Waals surface area (Å²) in [6.45, 7) is 9.10. The van der Waals surface area contributed by atoms with Crippen LogP contribution in [-0.2, 0) is 24.1 Å². The summed E-state index contributed by atoms with van der Waals surface area (Å²) >= 11 is 0. The summed E-state index contributed by atoms with van der Waals surface area (Å²) in [5, 5.41) is 17.7. The van der Waals surface area contributed by atoms with E-state index in [0.717, 1.165) is 12.8 Å². The Kier molecular flexibility index (Phi) is 3.97. The van der Waals surface area contributed by atoms with E-state index in [-0.39, 0.29) is 6.61 Å². The molecule has 0 spiro atoms. The minimum Gasteiger partial charge on any atom is -0.566 e. The van der Waals surface area contributed by atoms with Crippen LogP contribution in [0.25, 0.3) is 0 Å². The normalized spacial score (nSPS) is 18.4. The molecule has 2 rings (SSSR count). The molecular formula is C15H23NO3. The van der Waals surface area contributed by atoms with E-state index >= 15 is 0 Å². The second kappa shape index (κ2) is 5.21. The van der Waals surface area contributed by atoms with Crippen molar-refractivity contribution in [2.75, 3.05) is 6.61 Å². The van der Waals surface area contributed by atoms with Gasteiger partial charge in [0, 0.05) is 6.42 Å². The molecule has 1 unspecified atom stereocenters. The first-order chi connectivity index (χ1) is 8.80. The lowest BCUT2D eigenvalue weighted by atomic mass is 9.89. The van der Waals surface area contributed by atoms with Crippen LogP contribution < -0.4 is 5.39 Å². The van der Waals surface area contributed by atoms with Crippen molar-refractivity contribution in [2.45, 2.75) is 47.0 Å². The quantitative estimate of drug-likeness (QED) is 0.814. The van der Waals surface area contributed by atoms with Gasteiger partial charge in [-0.1, -0.05) is 25.3 Å². The Balaban J connectivity index is 2.23. The molecule has 4 heteroatoms. The molecule has 0 aromatic heterocycles. The molecule has 1 aromatic rings. The van der Waals surface area contributed by atoms with Crippen molar-refractivity contribution < 1.29 is 15.4 Å². The lowest BCUT2D eigenvalue weighted by molar-refractivity contribution is -1.21. The monoisotopic (exact) mass is 265 g/mol. The van der Waals surface area contributed by atoms with Crippen LogP contribution in [-0.4, -0.2) is 11.8 Å². The summed E-state index contributed by atoms with van der Waals surface area (Å²) in [6, 6.07) is 2.27. The number of aryl methyl sites for hydroxylation is 1. The summed E-state index contributed by atoms with van der Waals surface area (Å²) in [5.74, 6) is 0. The second-order valence-corrected chi connectivity index (χ2v) is 6.32. The van der Waals surface area contributed by atoms with Crippen LogP contribution in [0.3, 0.4) is 0 Å². The van der Waals surface area contributed by atoms with Gasteiger partial charge in [-0.2, -0.15) is 10.0 Å². The van der Waals surface area contributed by atoms with E-state index < -0.39 is 5.39 Å². The minimum absolute atomic E-state index is 0.235. The average molecular weight is 265 g/mol. The van der Waals surface area contributed by atoms with Gasteiger partial charge < -0.3 is 5.21 Å². The predicted molar refractivity (Wildman–Crippen MR) is 72.9 cm³/mol. The maximum atomic E-state index is 10.4. The summed E-state index contributed by atoms with van der Waals surface area (Å²) < 4.78 is 0. The first-order valence-electron chi connectivity index (χ1n) is 6.77. The molecule has 1 aromatic carbocycles. The molecule has 106 valence electrons. The molecule has 0 aliphatic heterocycles. The van der Waals surface area contributed by atoms with Gasteiger partial charge in [-0.05, 0) is 59.9 Å². The third-order valence-corrected chi connectivity index (χ3v) is 4.06. The fraction of sp³-hybridized carbons (Fsp3) is 0.600. The van der Waals surface area contributed by atoms with E-state index in [9.17, 15) is 5.21 Å². The van der Waals surface area contributed by atoms with Crippen molar-refractivity contribution in [3.63, 3.8) is 0 Å². The number of fused-ring (bicyclic) bond motifs is 1. The van der Waals surface area contributed by atoms with Gasteiger partial charge in [0.05, 0.1) is 0 Å². The molecule has 1 aliphatic carbocycles. The zero-order valence-corrected chi connectivity index (χ0v) is 12.2. The summed E-state index contributed by atoms with van der Waals surface area (Å²) in [5.41, 5.74) is 7.09. The molecule has 0 fully saturated rings. The number of quaternary nitrogens is 1. The van der Waals surface area contributed by atoms with Gasteiger partial charge in [-0.25, -0.2) is 0 Å². The van der Waals surface area contributed by atoms with Crippen LogP contribution in [0.5, 0.6) is 0 Å². The molecule has 0 amide bonds. The molecule has 2 N–H and O–H groups in total. The van der Waals surface area contributed by atoms with E-state index in [1.54, 1.807) is 0 Å². The highest BCUT2D eigenvalue weighted by molar-refractivity contribution is 5.48. The van der Waals surface area contributed by atoms with Gasteiger partial charge in [0.1, 0.15) is 6.61 Å². The molecule has 0 radical (unpaired) electrons. The number of hydrogen-bond donors (Lipinski definition) is 2. The predicted octanol–water partition coefficient (Wildman–Crippen LogP) is 1.67. The Morgan fingerprint density at radius 1 is 1.37 bits per heavy atom. The molecule has 1 atom stereocenters. The third-order valence-electron chi connectivity index (χ3n) is 4.06. The molecule has 1 aliphatic rings. The third kappa shape index (κ3) is 3.15. The van der Waals surface area contributed by atoms with Crippen molar-refractivity contribution in [1.82, 2.24) is 0 Å². The van der Waals surface area contributed by atoms with Crippen LogP contribution in [0.1, 0.15) is 41.7 Å². The first-order valence-corrected chi connectivity index (χ1v) is 6.77. The van der Waals surface area contributed by atoms with Gasteiger partial charge in [-0.15, -0.1) is 0 Å². The van der Waals surface area contributed by atoms with Crippen molar-refractivity contribution in [1.29, 1.82) is 0 Å². The molecule has 0 heterocycles. The fourth-order valence-corrected chi connectivity index (χ4v) is 3.24. The molecular weight excluding hydrogens is 242 g/mol. The van der Waals surface area contributed by atoms with Gasteiger partial charge in [0.15, 0.2) is 0 Å². The van der Waals surface area contributed by atoms with E-state index in [0.29, 0.717) is 11.8 Å². The Labute approximate surface area is 114 Å². The van der Waals surface area contributed by atoms with E-state index in [4.69, 9.17) is 5.21 Å². The Morgan fingerprint density at radius 2 is 2.05 bits per heavy atom. The highest BCUT2D eigenvalue weighted by Crippen LogP contribution is 2.39. The van der Waals surface area contributed by atoms with Crippen molar-refractivity contribution in [3.8, 4) is 0 Å². The summed E-state index contributed by atoms with van der Waals surface area (Å²) in [7, 11) is 0. The molecule has 4 nitrogen and oxygen atoms in total. The lowest BCUT2D eigenvalue weighted by Gasteiger charge is -2.16. The highest BCUT2D eigenvalue weighted by atomic mass is 17.1. The van der Waals surface area contributed by atoms with Gasteiger partial charge in [0.25, 0.3) is 0 Å². The van der Waals surface area contributed by atoms with E-state index in [1.165, 1.54) is 27.8 Å². The van der Waals surface area contributed by atoms with Crippen LogP contribution in [0, 0.1) is 24.5 Å². The van der Waals surface area contributed by atoms with Crippen LogP contribution in [0.2, 0.25) is 0 Å². The molecule has 19 heavy (non-hydrogen) atoms. The van der Waals surface area contributed by atoms with E-state index in [1.807, 2.05) is 0 Å². The SMILES string of the molecule is Cc1cc2c(c(C)c1CCO[NH+]([O-])O)CC(C)(C)C2. The molecule has 0 saturated heterocycles. The lowest BCUT2D eigenvalue weighted by Crippen LogP contribution is -3.03. The Morgan fingerprint density at radius 3 is 2.68 bits per heavy atom. The van der Waals surface area contributed by atoms with Crippen molar-refractivity contribution in [2.24, 2.45) is 5.41 Å². The number of rotatable bonds is 4. The first kappa shape index (κ1) is 14.5. The van der Waals surface area contributed by atoms with Gasteiger partial charge in [0.2, 0.25) is 0 Å².